The van der Waals surface area contributed by atoms with E-state index in [0.29, 0.717) is 19.7 Å². The van der Waals surface area contributed by atoms with Gasteiger partial charge in [-0.15, -0.1) is 0 Å². The standard InChI is InChI=1S/C17H26N2O2/c1-17(2,9-5-10-18)12-19-16(20)14-8-11-21-15-7-4-3-6-13(14)15/h3-4,6-7,14H,5,8-12,18H2,1-2H3,(H,19,20). The predicted molar refractivity (Wildman–Crippen MR) is 84.4 cm³/mol. The van der Waals surface area contributed by atoms with E-state index in [4.69, 9.17) is 10.5 Å². The molecule has 1 amide bonds. The number of fused-ring (bicyclic) bond motifs is 1. The Balaban J connectivity index is 1.96. The summed E-state index contributed by atoms with van der Waals surface area (Å²) in [4.78, 5) is 12.5. The Kier molecular flexibility index (Phi) is 5.23. The van der Waals surface area contributed by atoms with Gasteiger partial charge in [0.1, 0.15) is 5.75 Å². The lowest BCUT2D eigenvalue weighted by Crippen LogP contribution is -2.38. The van der Waals surface area contributed by atoms with Crippen molar-refractivity contribution in [3.05, 3.63) is 29.8 Å². The smallest absolute Gasteiger partial charge is 0.227 e. The van der Waals surface area contributed by atoms with Crippen molar-refractivity contribution < 1.29 is 9.53 Å². The Bertz CT molecular complexity index is 485. The summed E-state index contributed by atoms with van der Waals surface area (Å²) in [5, 5.41) is 3.11. The van der Waals surface area contributed by atoms with Crippen LogP contribution in [-0.4, -0.2) is 25.6 Å². The normalized spacial score (nSPS) is 17.8. The summed E-state index contributed by atoms with van der Waals surface area (Å²) in [5.41, 5.74) is 6.64. The maximum Gasteiger partial charge on any atom is 0.227 e. The third kappa shape index (κ3) is 4.21. The molecule has 0 fully saturated rings. The van der Waals surface area contributed by atoms with E-state index >= 15 is 0 Å². The number of para-hydroxylation sites is 1. The minimum atomic E-state index is -0.0970. The number of hydrogen-bond acceptors (Lipinski definition) is 3. The van der Waals surface area contributed by atoms with Crippen LogP contribution in [0.25, 0.3) is 0 Å². The van der Waals surface area contributed by atoms with Gasteiger partial charge in [-0.25, -0.2) is 0 Å². The van der Waals surface area contributed by atoms with Crippen molar-refractivity contribution in [1.29, 1.82) is 0 Å². The minimum Gasteiger partial charge on any atom is -0.493 e. The first-order valence-corrected chi connectivity index (χ1v) is 7.73. The number of ether oxygens (including phenoxy) is 1. The fraction of sp³-hybridized carbons (Fsp3) is 0.588. The molecule has 4 nitrogen and oxygen atoms in total. The summed E-state index contributed by atoms with van der Waals surface area (Å²) < 4.78 is 5.61. The molecule has 4 heteroatoms. The Morgan fingerprint density at radius 3 is 2.95 bits per heavy atom. The first-order valence-electron chi connectivity index (χ1n) is 7.73. The SMILES string of the molecule is CC(C)(CCCN)CNC(=O)C1CCOc2ccccc21. The van der Waals surface area contributed by atoms with Gasteiger partial charge in [0.05, 0.1) is 12.5 Å². The largest absolute Gasteiger partial charge is 0.493 e. The van der Waals surface area contributed by atoms with Crippen LogP contribution in [0.4, 0.5) is 0 Å². The van der Waals surface area contributed by atoms with Gasteiger partial charge in [-0.1, -0.05) is 32.0 Å². The third-order valence-corrected chi connectivity index (χ3v) is 4.07. The number of hydrogen-bond donors (Lipinski definition) is 2. The molecule has 0 spiro atoms. The second kappa shape index (κ2) is 6.94. The van der Waals surface area contributed by atoms with E-state index in [9.17, 15) is 4.79 Å². The van der Waals surface area contributed by atoms with Gasteiger partial charge in [-0.05, 0) is 37.3 Å². The van der Waals surface area contributed by atoms with Gasteiger partial charge in [-0.3, -0.25) is 4.79 Å². The number of nitrogens with two attached hydrogens (primary N) is 1. The van der Waals surface area contributed by atoms with Crippen molar-refractivity contribution in [2.45, 2.75) is 39.0 Å². The molecule has 0 radical (unpaired) electrons. The molecule has 116 valence electrons. The summed E-state index contributed by atoms with van der Waals surface area (Å²) in [7, 11) is 0. The van der Waals surface area contributed by atoms with Crippen molar-refractivity contribution in [1.82, 2.24) is 5.32 Å². The van der Waals surface area contributed by atoms with E-state index in [1.807, 2.05) is 24.3 Å². The third-order valence-electron chi connectivity index (χ3n) is 4.07. The van der Waals surface area contributed by atoms with Crippen LogP contribution in [0.15, 0.2) is 24.3 Å². The fourth-order valence-corrected chi connectivity index (χ4v) is 2.73. The lowest BCUT2D eigenvalue weighted by molar-refractivity contribution is -0.123. The van der Waals surface area contributed by atoms with Crippen LogP contribution in [0, 0.1) is 5.41 Å². The molecule has 3 N–H and O–H groups in total. The van der Waals surface area contributed by atoms with E-state index in [0.717, 1.165) is 30.6 Å². The molecule has 1 heterocycles. The van der Waals surface area contributed by atoms with Gasteiger partial charge in [0.2, 0.25) is 5.91 Å². The molecule has 1 unspecified atom stereocenters. The molecule has 0 saturated heterocycles. The summed E-state index contributed by atoms with van der Waals surface area (Å²) in [6, 6.07) is 7.81. The Morgan fingerprint density at radius 1 is 1.43 bits per heavy atom. The Hall–Kier alpha value is -1.55. The highest BCUT2D eigenvalue weighted by Crippen LogP contribution is 2.33. The second-order valence-electron chi connectivity index (χ2n) is 6.50. The van der Waals surface area contributed by atoms with Crippen LogP contribution < -0.4 is 15.8 Å². The minimum absolute atomic E-state index is 0.0831. The van der Waals surface area contributed by atoms with Crippen LogP contribution in [0.3, 0.4) is 0 Å². The zero-order valence-corrected chi connectivity index (χ0v) is 13.0. The molecule has 0 aromatic heterocycles. The summed E-state index contributed by atoms with van der Waals surface area (Å²) >= 11 is 0. The molecule has 1 aliphatic rings. The molecule has 21 heavy (non-hydrogen) atoms. The highest BCUT2D eigenvalue weighted by Gasteiger charge is 2.28. The number of amides is 1. The van der Waals surface area contributed by atoms with Gasteiger partial charge in [-0.2, -0.15) is 0 Å². The summed E-state index contributed by atoms with van der Waals surface area (Å²) in [5.74, 6) is 0.845. The molecule has 0 aliphatic carbocycles. The van der Waals surface area contributed by atoms with Crippen molar-refractivity contribution in [2.75, 3.05) is 19.7 Å². The van der Waals surface area contributed by atoms with Crippen molar-refractivity contribution in [3.63, 3.8) is 0 Å². The summed E-state index contributed by atoms with van der Waals surface area (Å²) in [6.07, 6.45) is 2.75. The Labute approximate surface area is 127 Å². The molecule has 0 bridgehead atoms. The first kappa shape index (κ1) is 15.8. The highest BCUT2D eigenvalue weighted by molar-refractivity contribution is 5.84. The lowest BCUT2D eigenvalue weighted by atomic mass is 9.87. The van der Waals surface area contributed by atoms with Gasteiger partial charge in [0, 0.05) is 12.1 Å². The van der Waals surface area contributed by atoms with Gasteiger partial charge < -0.3 is 15.8 Å². The maximum absolute atomic E-state index is 12.5. The van der Waals surface area contributed by atoms with Gasteiger partial charge >= 0.3 is 0 Å². The average Bonchev–Trinajstić information content (AvgIpc) is 2.50. The quantitative estimate of drug-likeness (QED) is 0.845. The van der Waals surface area contributed by atoms with Crippen LogP contribution in [0.1, 0.15) is 44.6 Å². The van der Waals surface area contributed by atoms with Crippen LogP contribution in [-0.2, 0) is 4.79 Å². The molecule has 0 saturated carbocycles. The first-order chi connectivity index (χ1) is 10.0. The average molecular weight is 290 g/mol. The Morgan fingerprint density at radius 2 is 2.19 bits per heavy atom. The molecule has 1 aromatic carbocycles. The number of nitrogens with one attached hydrogen (secondary N) is 1. The maximum atomic E-state index is 12.5. The van der Waals surface area contributed by atoms with E-state index < -0.39 is 0 Å². The van der Waals surface area contributed by atoms with Crippen LogP contribution >= 0.6 is 0 Å². The zero-order chi connectivity index (χ0) is 15.3. The fourth-order valence-electron chi connectivity index (χ4n) is 2.73. The predicted octanol–water partition coefficient (Wildman–Crippen LogP) is 2.43. The number of rotatable bonds is 6. The van der Waals surface area contributed by atoms with Crippen molar-refractivity contribution in [3.8, 4) is 5.75 Å². The molecule has 1 atom stereocenters. The van der Waals surface area contributed by atoms with E-state index in [2.05, 4.69) is 19.2 Å². The molecule has 2 rings (SSSR count). The van der Waals surface area contributed by atoms with E-state index in [-0.39, 0.29) is 17.2 Å². The molecule has 1 aliphatic heterocycles. The van der Waals surface area contributed by atoms with E-state index in [1.54, 1.807) is 0 Å². The monoisotopic (exact) mass is 290 g/mol. The molecular formula is C17H26N2O2. The van der Waals surface area contributed by atoms with Crippen LogP contribution in [0.5, 0.6) is 5.75 Å². The van der Waals surface area contributed by atoms with E-state index in [1.165, 1.54) is 0 Å². The zero-order valence-electron chi connectivity index (χ0n) is 13.0. The van der Waals surface area contributed by atoms with Gasteiger partial charge in [0.15, 0.2) is 0 Å². The molecule has 1 aromatic rings. The van der Waals surface area contributed by atoms with Crippen LogP contribution in [0.2, 0.25) is 0 Å². The topological polar surface area (TPSA) is 64.3 Å². The highest BCUT2D eigenvalue weighted by atomic mass is 16.5. The lowest BCUT2D eigenvalue weighted by Gasteiger charge is -2.28. The second-order valence-corrected chi connectivity index (χ2v) is 6.50. The number of carbonyl (C=O) groups excluding carboxylic acids is 1. The number of carbonyl (C=O) groups is 1. The van der Waals surface area contributed by atoms with Gasteiger partial charge in [0.25, 0.3) is 0 Å². The van der Waals surface area contributed by atoms with Crippen molar-refractivity contribution >= 4 is 5.91 Å². The number of benzene rings is 1. The van der Waals surface area contributed by atoms with Crippen molar-refractivity contribution in [2.24, 2.45) is 11.1 Å². The molecular weight excluding hydrogens is 264 g/mol. The summed E-state index contributed by atoms with van der Waals surface area (Å²) in [6.45, 7) is 6.32.